The van der Waals surface area contributed by atoms with Gasteiger partial charge in [-0.25, -0.2) is 0 Å². The maximum absolute atomic E-state index is 13.3. The van der Waals surface area contributed by atoms with Crippen molar-refractivity contribution < 1.29 is 9.53 Å². The molecule has 1 aromatic rings. The third-order valence-electron chi connectivity index (χ3n) is 7.56. The van der Waals surface area contributed by atoms with E-state index in [0.717, 1.165) is 57.6 Å². The minimum Gasteiger partial charge on any atom is -0.383 e. The SMILES string of the molecule is COCCN(C(=O)CC1CCc2nnc(C3CCCC3)n2CC1)C1CCN(C)CC1. The van der Waals surface area contributed by atoms with Crippen molar-refractivity contribution in [3.05, 3.63) is 11.6 Å². The molecule has 1 saturated heterocycles. The Bertz CT molecular complexity index is 692. The molecule has 7 heteroatoms. The summed E-state index contributed by atoms with van der Waals surface area (Å²) >= 11 is 0. The van der Waals surface area contributed by atoms with Gasteiger partial charge in [-0.05, 0) is 64.6 Å². The second kappa shape index (κ2) is 10.2. The molecule has 4 rings (SSSR count). The van der Waals surface area contributed by atoms with E-state index in [4.69, 9.17) is 4.74 Å². The summed E-state index contributed by atoms with van der Waals surface area (Å²) in [7, 11) is 3.89. The zero-order chi connectivity index (χ0) is 20.9. The summed E-state index contributed by atoms with van der Waals surface area (Å²) < 4.78 is 7.70. The lowest BCUT2D eigenvalue weighted by atomic mass is 9.94. The number of hydrogen-bond acceptors (Lipinski definition) is 5. The lowest BCUT2D eigenvalue weighted by Crippen LogP contribution is -2.48. The van der Waals surface area contributed by atoms with Gasteiger partial charge < -0.3 is 19.1 Å². The van der Waals surface area contributed by atoms with Crippen molar-refractivity contribution in [3.8, 4) is 0 Å². The molecular weight excluding hydrogens is 378 g/mol. The van der Waals surface area contributed by atoms with Crippen LogP contribution >= 0.6 is 0 Å². The van der Waals surface area contributed by atoms with E-state index in [2.05, 4.69) is 31.6 Å². The van der Waals surface area contributed by atoms with E-state index in [1.54, 1.807) is 7.11 Å². The van der Waals surface area contributed by atoms with Gasteiger partial charge in [-0.1, -0.05) is 12.8 Å². The third kappa shape index (κ3) is 5.05. The van der Waals surface area contributed by atoms with Crippen LogP contribution in [-0.2, 0) is 22.5 Å². The van der Waals surface area contributed by atoms with Crippen LogP contribution in [0.25, 0.3) is 0 Å². The van der Waals surface area contributed by atoms with E-state index in [1.807, 2.05) is 0 Å². The predicted molar refractivity (Wildman–Crippen MR) is 116 cm³/mol. The summed E-state index contributed by atoms with van der Waals surface area (Å²) in [6, 6.07) is 0.364. The normalized spacial score (nSPS) is 24.0. The molecule has 3 heterocycles. The molecule has 0 N–H and O–H groups in total. The first-order chi connectivity index (χ1) is 14.7. The summed E-state index contributed by atoms with van der Waals surface area (Å²) in [6.07, 6.45) is 11.0. The molecule has 1 amide bonds. The second-order valence-electron chi connectivity index (χ2n) is 9.62. The van der Waals surface area contributed by atoms with E-state index in [0.29, 0.717) is 43.4 Å². The number of piperidine rings is 1. The summed E-state index contributed by atoms with van der Waals surface area (Å²) in [5, 5.41) is 9.08. The maximum Gasteiger partial charge on any atom is 0.223 e. The van der Waals surface area contributed by atoms with Gasteiger partial charge in [0.2, 0.25) is 5.91 Å². The van der Waals surface area contributed by atoms with E-state index < -0.39 is 0 Å². The Morgan fingerprint density at radius 3 is 2.57 bits per heavy atom. The Morgan fingerprint density at radius 2 is 1.83 bits per heavy atom. The van der Waals surface area contributed by atoms with Gasteiger partial charge in [0.15, 0.2) is 0 Å². The lowest BCUT2D eigenvalue weighted by Gasteiger charge is -2.38. The number of ether oxygens (including phenoxy) is 1. The molecule has 7 nitrogen and oxygen atoms in total. The molecule has 1 atom stereocenters. The van der Waals surface area contributed by atoms with Crippen LogP contribution in [-0.4, -0.2) is 76.9 Å². The molecule has 1 saturated carbocycles. The van der Waals surface area contributed by atoms with Crippen LogP contribution in [0.4, 0.5) is 0 Å². The van der Waals surface area contributed by atoms with Crippen LogP contribution in [0.3, 0.4) is 0 Å². The van der Waals surface area contributed by atoms with E-state index in [-0.39, 0.29) is 0 Å². The minimum atomic E-state index is 0.320. The lowest BCUT2D eigenvalue weighted by molar-refractivity contribution is -0.136. The number of carbonyl (C=O) groups excluding carboxylic acids is 1. The van der Waals surface area contributed by atoms with Crippen LogP contribution in [0.1, 0.15) is 75.4 Å². The molecule has 168 valence electrons. The Kier molecular flexibility index (Phi) is 7.41. The fraction of sp³-hybridized carbons (Fsp3) is 0.870. The number of carbonyl (C=O) groups is 1. The maximum atomic E-state index is 13.3. The topological polar surface area (TPSA) is 63.5 Å². The standard InChI is InChI=1S/C23H39N5O2/c1-26-12-10-20(11-13-26)27(15-16-30-2)22(29)17-18-7-8-21-24-25-23(28(21)14-9-18)19-5-3-4-6-19/h18-20H,3-17H2,1-2H3. The highest BCUT2D eigenvalue weighted by molar-refractivity contribution is 5.76. The molecule has 1 unspecified atom stereocenters. The molecule has 0 spiro atoms. The molecule has 0 aromatic carbocycles. The number of amides is 1. The van der Waals surface area contributed by atoms with Gasteiger partial charge in [-0.3, -0.25) is 4.79 Å². The number of aryl methyl sites for hydroxylation is 1. The number of nitrogens with zero attached hydrogens (tertiary/aromatic N) is 5. The fourth-order valence-corrected chi connectivity index (χ4v) is 5.63. The Morgan fingerprint density at radius 1 is 1.07 bits per heavy atom. The number of rotatable bonds is 7. The van der Waals surface area contributed by atoms with Gasteiger partial charge in [0.05, 0.1) is 6.61 Å². The molecule has 0 bridgehead atoms. The zero-order valence-corrected chi connectivity index (χ0v) is 18.9. The summed E-state index contributed by atoms with van der Waals surface area (Å²) in [6.45, 7) is 4.45. The highest BCUT2D eigenvalue weighted by Gasteiger charge is 2.30. The zero-order valence-electron chi connectivity index (χ0n) is 18.9. The first-order valence-electron chi connectivity index (χ1n) is 12.0. The molecule has 2 fully saturated rings. The van der Waals surface area contributed by atoms with Gasteiger partial charge in [0.25, 0.3) is 0 Å². The van der Waals surface area contributed by atoms with Gasteiger partial charge in [-0.2, -0.15) is 0 Å². The van der Waals surface area contributed by atoms with Crippen molar-refractivity contribution in [1.82, 2.24) is 24.6 Å². The van der Waals surface area contributed by atoms with Gasteiger partial charge in [0.1, 0.15) is 11.6 Å². The van der Waals surface area contributed by atoms with Gasteiger partial charge in [-0.15, -0.1) is 10.2 Å². The Balaban J connectivity index is 1.36. The van der Waals surface area contributed by atoms with Crippen LogP contribution < -0.4 is 0 Å². The summed E-state index contributed by atoms with van der Waals surface area (Å²) in [5.41, 5.74) is 0. The first kappa shape index (κ1) is 21.8. The third-order valence-corrected chi connectivity index (χ3v) is 7.56. The van der Waals surface area contributed by atoms with Crippen molar-refractivity contribution >= 4 is 5.91 Å². The largest absolute Gasteiger partial charge is 0.383 e. The number of fused-ring (bicyclic) bond motifs is 1. The monoisotopic (exact) mass is 417 g/mol. The van der Waals surface area contributed by atoms with Crippen LogP contribution in [0.5, 0.6) is 0 Å². The Labute approximate surface area is 181 Å². The van der Waals surface area contributed by atoms with Crippen molar-refractivity contribution in [1.29, 1.82) is 0 Å². The predicted octanol–water partition coefficient (Wildman–Crippen LogP) is 2.85. The molecule has 1 aromatic heterocycles. The molecule has 2 aliphatic heterocycles. The highest BCUT2D eigenvalue weighted by Crippen LogP contribution is 2.35. The van der Waals surface area contributed by atoms with Crippen LogP contribution in [0, 0.1) is 5.92 Å². The highest BCUT2D eigenvalue weighted by atomic mass is 16.5. The summed E-state index contributed by atoms with van der Waals surface area (Å²) in [4.78, 5) is 17.8. The molecule has 3 aliphatic rings. The van der Waals surface area contributed by atoms with Crippen molar-refractivity contribution in [2.24, 2.45) is 5.92 Å². The van der Waals surface area contributed by atoms with E-state index in [9.17, 15) is 4.79 Å². The minimum absolute atomic E-state index is 0.320. The molecule has 30 heavy (non-hydrogen) atoms. The quantitative estimate of drug-likeness (QED) is 0.683. The molecule has 0 radical (unpaired) electrons. The molecule has 1 aliphatic carbocycles. The van der Waals surface area contributed by atoms with Crippen LogP contribution in [0.15, 0.2) is 0 Å². The number of aromatic nitrogens is 3. The average Bonchev–Trinajstić information content (AvgIpc) is 3.37. The number of hydrogen-bond donors (Lipinski definition) is 0. The fourth-order valence-electron chi connectivity index (χ4n) is 5.63. The summed E-state index contributed by atoms with van der Waals surface area (Å²) in [5.74, 6) is 3.70. The smallest absolute Gasteiger partial charge is 0.223 e. The van der Waals surface area contributed by atoms with E-state index >= 15 is 0 Å². The average molecular weight is 418 g/mol. The number of methoxy groups -OCH3 is 1. The second-order valence-corrected chi connectivity index (χ2v) is 9.62. The Hall–Kier alpha value is -1.47. The van der Waals surface area contributed by atoms with Crippen molar-refractivity contribution in [2.45, 2.75) is 82.7 Å². The van der Waals surface area contributed by atoms with Crippen molar-refractivity contribution in [3.63, 3.8) is 0 Å². The van der Waals surface area contributed by atoms with E-state index in [1.165, 1.54) is 31.5 Å². The van der Waals surface area contributed by atoms with Gasteiger partial charge in [0, 0.05) is 45.0 Å². The van der Waals surface area contributed by atoms with Crippen molar-refractivity contribution in [2.75, 3.05) is 40.4 Å². The first-order valence-corrected chi connectivity index (χ1v) is 12.0. The van der Waals surface area contributed by atoms with Crippen LogP contribution in [0.2, 0.25) is 0 Å². The van der Waals surface area contributed by atoms with Gasteiger partial charge >= 0.3 is 0 Å². The number of likely N-dealkylation sites (tertiary alicyclic amines) is 1. The molecular formula is C23H39N5O2.